The first-order chi connectivity index (χ1) is 15.3. The molecule has 0 unspecified atom stereocenters. The number of hydrogen-bond acceptors (Lipinski definition) is 6. The molecule has 1 aromatic carbocycles. The maximum absolute atomic E-state index is 13.3. The van der Waals surface area contributed by atoms with Crippen LogP contribution in [-0.2, 0) is 5.54 Å². The summed E-state index contributed by atoms with van der Waals surface area (Å²) >= 11 is 0. The summed E-state index contributed by atoms with van der Waals surface area (Å²) in [5, 5.41) is 13.8. The molecule has 1 aliphatic rings. The summed E-state index contributed by atoms with van der Waals surface area (Å²) in [7, 11) is 0. The molecule has 0 amide bonds. The maximum Gasteiger partial charge on any atom is 0.253 e. The lowest BCUT2D eigenvalue weighted by molar-refractivity contribution is 0.143. The summed E-state index contributed by atoms with van der Waals surface area (Å²) in [6.07, 6.45) is 3.06. The van der Waals surface area contributed by atoms with Gasteiger partial charge in [0.15, 0.2) is 5.82 Å². The number of aromatic amines is 1. The molecule has 0 radical (unpaired) electrons. The number of fused-ring (bicyclic) bond motifs is 1. The second kappa shape index (κ2) is 9.02. The standard InChI is InChI=1S/C24H34N6O2/c1-6-24(4,5)30-22(26-27-28-30)21(29-12-10-16(3)11-13-29)19-15-17-14-18(32-7-2)8-9-20(17)25-23(19)31/h8-9,14-16,21H,6-7,10-13H2,1-5H3,(H,25,31)/t21-/m0/s1. The van der Waals surface area contributed by atoms with Crippen LogP contribution in [0.4, 0.5) is 0 Å². The van der Waals surface area contributed by atoms with Gasteiger partial charge >= 0.3 is 0 Å². The summed E-state index contributed by atoms with van der Waals surface area (Å²) in [4.78, 5) is 18.8. The van der Waals surface area contributed by atoms with E-state index in [0.29, 0.717) is 18.1 Å². The largest absolute Gasteiger partial charge is 0.494 e. The predicted octanol–water partition coefficient (Wildman–Crippen LogP) is 3.88. The monoisotopic (exact) mass is 438 g/mol. The highest BCUT2D eigenvalue weighted by Gasteiger charge is 2.35. The van der Waals surface area contributed by atoms with Gasteiger partial charge in [-0.25, -0.2) is 4.68 Å². The summed E-state index contributed by atoms with van der Waals surface area (Å²) in [6.45, 7) is 13.0. The Hall–Kier alpha value is -2.74. The number of ether oxygens (including phenoxy) is 1. The van der Waals surface area contributed by atoms with E-state index in [9.17, 15) is 4.79 Å². The first kappa shape index (κ1) is 22.5. The highest BCUT2D eigenvalue weighted by Crippen LogP contribution is 2.33. The Morgan fingerprint density at radius 2 is 1.97 bits per heavy atom. The van der Waals surface area contributed by atoms with Crippen LogP contribution in [0, 0.1) is 5.92 Å². The lowest BCUT2D eigenvalue weighted by Gasteiger charge is -2.37. The van der Waals surface area contributed by atoms with Gasteiger partial charge in [-0.1, -0.05) is 13.8 Å². The minimum absolute atomic E-state index is 0.103. The Morgan fingerprint density at radius 3 is 2.66 bits per heavy atom. The second-order valence-electron chi connectivity index (χ2n) is 9.47. The number of benzene rings is 1. The van der Waals surface area contributed by atoms with Crippen LogP contribution in [0.3, 0.4) is 0 Å². The van der Waals surface area contributed by atoms with Crippen LogP contribution in [-0.4, -0.2) is 49.8 Å². The van der Waals surface area contributed by atoms with Gasteiger partial charge in [0.05, 0.1) is 12.1 Å². The smallest absolute Gasteiger partial charge is 0.253 e. The fraction of sp³-hybridized carbons (Fsp3) is 0.583. The molecule has 1 N–H and O–H groups in total. The molecule has 0 bridgehead atoms. The number of H-pyrrole nitrogens is 1. The van der Waals surface area contributed by atoms with Crippen molar-refractivity contribution in [1.82, 2.24) is 30.1 Å². The Bertz CT molecular complexity index is 1130. The van der Waals surface area contributed by atoms with Crippen LogP contribution in [0.25, 0.3) is 10.9 Å². The maximum atomic E-state index is 13.3. The molecule has 0 spiro atoms. The SMILES string of the molecule is CCOc1ccc2[nH]c(=O)c([C@@H](c3nnnn3C(C)(C)CC)N3CCC(C)CC3)cc2c1. The zero-order valence-corrected chi connectivity index (χ0v) is 19.8. The molecule has 0 saturated carbocycles. The van der Waals surface area contributed by atoms with Crippen molar-refractivity contribution in [3.63, 3.8) is 0 Å². The van der Waals surface area contributed by atoms with E-state index in [0.717, 1.165) is 54.8 Å². The van der Waals surface area contributed by atoms with E-state index in [1.165, 1.54) is 0 Å². The predicted molar refractivity (Wildman–Crippen MR) is 125 cm³/mol. The molecule has 2 aromatic heterocycles. The van der Waals surface area contributed by atoms with Crippen LogP contribution in [0.5, 0.6) is 5.75 Å². The summed E-state index contributed by atoms with van der Waals surface area (Å²) in [5.41, 5.74) is 1.10. The van der Waals surface area contributed by atoms with E-state index >= 15 is 0 Å². The van der Waals surface area contributed by atoms with Crippen molar-refractivity contribution in [1.29, 1.82) is 0 Å². The van der Waals surface area contributed by atoms with Crippen LogP contribution in [0.2, 0.25) is 0 Å². The topological polar surface area (TPSA) is 88.9 Å². The third-order valence-corrected chi connectivity index (χ3v) is 6.81. The van der Waals surface area contributed by atoms with Gasteiger partial charge in [0.25, 0.3) is 5.56 Å². The van der Waals surface area contributed by atoms with E-state index in [4.69, 9.17) is 4.74 Å². The Balaban J connectivity index is 1.87. The normalized spacial score (nSPS) is 17.0. The quantitative estimate of drug-likeness (QED) is 0.602. The summed E-state index contributed by atoms with van der Waals surface area (Å²) in [5.74, 6) is 2.19. The fourth-order valence-corrected chi connectivity index (χ4v) is 4.39. The minimum atomic E-state index is -0.313. The van der Waals surface area contributed by atoms with Crippen LogP contribution >= 0.6 is 0 Å². The first-order valence-electron chi connectivity index (χ1n) is 11.7. The highest BCUT2D eigenvalue weighted by atomic mass is 16.5. The zero-order valence-electron chi connectivity index (χ0n) is 19.8. The average molecular weight is 439 g/mol. The van der Waals surface area contributed by atoms with Crippen molar-refractivity contribution in [2.75, 3.05) is 19.7 Å². The lowest BCUT2D eigenvalue weighted by atomic mass is 9.94. The number of pyridine rings is 1. The average Bonchev–Trinajstić information content (AvgIpc) is 3.26. The van der Waals surface area contributed by atoms with Crippen molar-refractivity contribution in [3.8, 4) is 5.75 Å². The fourth-order valence-electron chi connectivity index (χ4n) is 4.39. The van der Waals surface area contributed by atoms with Gasteiger partial charge in [-0.15, -0.1) is 5.10 Å². The van der Waals surface area contributed by atoms with Crippen molar-refractivity contribution in [2.24, 2.45) is 5.92 Å². The molecule has 1 fully saturated rings. The van der Waals surface area contributed by atoms with E-state index < -0.39 is 0 Å². The Labute approximate surface area is 189 Å². The van der Waals surface area contributed by atoms with Gasteiger partial charge in [0.1, 0.15) is 11.8 Å². The zero-order chi connectivity index (χ0) is 22.9. The van der Waals surface area contributed by atoms with Gasteiger partial charge in [-0.05, 0) is 93.7 Å². The van der Waals surface area contributed by atoms with Crippen molar-refractivity contribution >= 4 is 10.9 Å². The lowest BCUT2D eigenvalue weighted by Crippen LogP contribution is -2.41. The number of hydrogen-bond donors (Lipinski definition) is 1. The molecule has 4 rings (SSSR count). The second-order valence-corrected chi connectivity index (χ2v) is 9.47. The molecule has 172 valence electrons. The Kier molecular flexibility index (Phi) is 6.33. The molecular weight excluding hydrogens is 404 g/mol. The van der Waals surface area contributed by atoms with E-state index in [1.807, 2.05) is 35.9 Å². The molecule has 1 saturated heterocycles. The molecule has 1 aliphatic heterocycles. The number of rotatable bonds is 7. The van der Waals surface area contributed by atoms with Gasteiger partial charge < -0.3 is 9.72 Å². The molecule has 8 nitrogen and oxygen atoms in total. The van der Waals surface area contributed by atoms with E-state index in [-0.39, 0.29) is 17.1 Å². The molecule has 1 atom stereocenters. The molecule has 32 heavy (non-hydrogen) atoms. The number of nitrogens with one attached hydrogen (secondary N) is 1. The highest BCUT2D eigenvalue weighted by molar-refractivity contribution is 5.80. The van der Waals surface area contributed by atoms with Crippen molar-refractivity contribution in [2.45, 2.75) is 65.5 Å². The number of piperidine rings is 1. The van der Waals surface area contributed by atoms with Crippen LogP contribution < -0.4 is 10.3 Å². The molecule has 0 aliphatic carbocycles. The summed E-state index contributed by atoms with van der Waals surface area (Å²) < 4.78 is 7.58. The van der Waals surface area contributed by atoms with Crippen LogP contribution in [0.15, 0.2) is 29.1 Å². The molecule has 8 heteroatoms. The van der Waals surface area contributed by atoms with Gasteiger partial charge in [0.2, 0.25) is 0 Å². The number of likely N-dealkylation sites (tertiary alicyclic amines) is 1. The van der Waals surface area contributed by atoms with Crippen LogP contribution in [0.1, 0.15) is 71.3 Å². The summed E-state index contributed by atoms with van der Waals surface area (Å²) in [6, 6.07) is 7.43. The third-order valence-electron chi connectivity index (χ3n) is 6.81. The van der Waals surface area contributed by atoms with E-state index in [2.05, 4.69) is 53.1 Å². The number of tetrazole rings is 1. The van der Waals surface area contributed by atoms with E-state index in [1.54, 1.807) is 0 Å². The third kappa shape index (κ3) is 4.28. The minimum Gasteiger partial charge on any atom is -0.494 e. The van der Waals surface area contributed by atoms with Gasteiger partial charge in [-0.2, -0.15) is 0 Å². The molecular formula is C24H34N6O2. The molecule has 3 aromatic rings. The molecule has 3 heterocycles. The van der Waals surface area contributed by atoms with Gasteiger partial charge in [-0.3, -0.25) is 9.69 Å². The number of aromatic nitrogens is 5. The van der Waals surface area contributed by atoms with Gasteiger partial charge in [0, 0.05) is 16.5 Å². The van der Waals surface area contributed by atoms with Crippen molar-refractivity contribution in [3.05, 3.63) is 46.0 Å². The Morgan fingerprint density at radius 1 is 1.22 bits per heavy atom. The number of nitrogens with zero attached hydrogens (tertiary/aromatic N) is 5. The van der Waals surface area contributed by atoms with Crippen molar-refractivity contribution < 1.29 is 4.74 Å². The first-order valence-corrected chi connectivity index (χ1v) is 11.7.